The lowest BCUT2D eigenvalue weighted by Crippen LogP contribution is -2.39. The highest BCUT2D eigenvalue weighted by Gasteiger charge is 2.31. The molecule has 2 heterocycles. The van der Waals surface area contributed by atoms with Crippen LogP contribution in [-0.2, 0) is 4.79 Å². The van der Waals surface area contributed by atoms with Crippen molar-refractivity contribution in [1.82, 2.24) is 14.8 Å². The molecule has 1 fully saturated rings. The van der Waals surface area contributed by atoms with Gasteiger partial charge in [0.05, 0.1) is 24.7 Å². The fraction of sp³-hybridized carbons (Fsp3) is 0.179. The minimum atomic E-state index is -4.75. The van der Waals surface area contributed by atoms with Crippen LogP contribution in [0.4, 0.5) is 18.9 Å². The number of benzene rings is 3. The van der Waals surface area contributed by atoms with E-state index in [1.807, 2.05) is 43.3 Å². The van der Waals surface area contributed by atoms with E-state index in [1.165, 1.54) is 47.0 Å². The molecule has 13 heteroatoms. The molecule has 0 N–H and O–H groups in total. The number of thioether (sulfide) groups is 1. The van der Waals surface area contributed by atoms with E-state index in [1.54, 1.807) is 24.3 Å². The zero-order chi connectivity index (χ0) is 29.0. The molecule has 1 saturated heterocycles. The van der Waals surface area contributed by atoms with Crippen LogP contribution in [0.3, 0.4) is 0 Å². The Morgan fingerprint density at radius 1 is 1.02 bits per heavy atom. The van der Waals surface area contributed by atoms with Gasteiger partial charge in [-0.3, -0.25) is 9.69 Å². The standard InChI is InChI=1S/C28H23F3N6O3S/c1-18-15-23(39-2)11-12-24(18)37-25(38)13-14-41-27(37)34-33-16-19-3-5-20(6-4-19)26-32-17-36(35-26)21-7-9-22(10-8-21)40-28(29,30)31/h3-12,15-17H,13-14H2,1-2H3/b33-16+,34-27-. The van der Waals surface area contributed by atoms with Gasteiger partial charge in [-0.15, -0.1) is 23.4 Å². The number of hydrogen-bond donors (Lipinski definition) is 0. The zero-order valence-electron chi connectivity index (χ0n) is 21.9. The van der Waals surface area contributed by atoms with E-state index in [4.69, 9.17) is 4.74 Å². The number of aromatic nitrogens is 3. The number of nitrogens with zero attached hydrogens (tertiary/aromatic N) is 6. The van der Waals surface area contributed by atoms with Gasteiger partial charge in [-0.05, 0) is 60.5 Å². The Morgan fingerprint density at radius 2 is 1.76 bits per heavy atom. The average Bonchev–Trinajstić information content (AvgIpc) is 3.44. The molecule has 1 aliphatic heterocycles. The summed E-state index contributed by atoms with van der Waals surface area (Å²) in [5.74, 6) is 1.40. The molecule has 3 aromatic carbocycles. The lowest BCUT2D eigenvalue weighted by atomic mass is 10.1. The lowest BCUT2D eigenvalue weighted by Gasteiger charge is -2.28. The summed E-state index contributed by atoms with van der Waals surface area (Å²) < 4.78 is 47.8. The van der Waals surface area contributed by atoms with Crippen molar-refractivity contribution in [3.63, 3.8) is 0 Å². The number of aryl methyl sites for hydroxylation is 1. The van der Waals surface area contributed by atoms with Crippen molar-refractivity contribution in [2.75, 3.05) is 17.8 Å². The first-order valence-electron chi connectivity index (χ1n) is 12.3. The Labute approximate surface area is 237 Å². The molecule has 41 heavy (non-hydrogen) atoms. The SMILES string of the molecule is COc1ccc(N2C(=O)CCS/C2=N\N=C\c2ccc(-c3ncn(-c4ccc(OC(F)(F)F)cc4)n3)cc2)c(C)c1. The highest BCUT2D eigenvalue weighted by Crippen LogP contribution is 2.31. The van der Waals surface area contributed by atoms with E-state index in [0.29, 0.717) is 34.6 Å². The van der Waals surface area contributed by atoms with Crippen LogP contribution >= 0.6 is 11.8 Å². The summed E-state index contributed by atoms with van der Waals surface area (Å²) >= 11 is 1.46. The van der Waals surface area contributed by atoms with Crippen LogP contribution in [0.2, 0.25) is 0 Å². The molecule has 0 spiro atoms. The van der Waals surface area contributed by atoms with Crippen LogP contribution in [0.5, 0.6) is 11.5 Å². The van der Waals surface area contributed by atoms with Gasteiger partial charge in [-0.2, -0.15) is 5.10 Å². The Bertz CT molecular complexity index is 1600. The molecule has 9 nitrogen and oxygen atoms in total. The van der Waals surface area contributed by atoms with Gasteiger partial charge in [0.15, 0.2) is 11.0 Å². The van der Waals surface area contributed by atoms with Crippen molar-refractivity contribution in [3.05, 3.63) is 84.2 Å². The molecule has 1 aliphatic rings. The molecular weight excluding hydrogens is 557 g/mol. The summed E-state index contributed by atoms with van der Waals surface area (Å²) in [6.07, 6.45) is -1.29. The summed E-state index contributed by atoms with van der Waals surface area (Å²) in [6, 6.07) is 18.1. The van der Waals surface area contributed by atoms with E-state index >= 15 is 0 Å². The fourth-order valence-corrected chi connectivity index (χ4v) is 4.91. The highest BCUT2D eigenvalue weighted by molar-refractivity contribution is 8.14. The Balaban J connectivity index is 1.28. The van der Waals surface area contributed by atoms with Crippen LogP contribution in [0.25, 0.3) is 17.1 Å². The fourth-order valence-electron chi connectivity index (χ4n) is 4.01. The Kier molecular flexibility index (Phi) is 8.06. The van der Waals surface area contributed by atoms with Crippen LogP contribution in [-0.4, -0.2) is 51.3 Å². The molecule has 1 amide bonds. The number of carbonyl (C=O) groups is 1. The van der Waals surface area contributed by atoms with E-state index in [0.717, 1.165) is 22.4 Å². The molecule has 4 aromatic rings. The van der Waals surface area contributed by atoms with Gasteiger partial charge in [0, 0.05) is 17.7 Å². The summed E-state index contributed by atoms with van der Waals surface area (Å²) in [4.78, 5) is 18.6. The van der Waals surface area contributed by atoms with E-state index in [9.17, 15) is 18.0 Å². The first-order valence-corrected chi connectivity index (χ1v) is 13.3. The van der Waals surface area contributed by atoms with Crippen molar-refractivity contribution in [3.8, 4) is 28.6 Å². The third-order valence-electron chi connectivity index (χ3n) is 5.98. The first kappa shape index (κ1) is 27.9. The average molecular weight is 581 g/mol. The highest BCUT2D eigenvalue weighted by atomic mass is 32.2. The normalized spacial score (nSPS) is 15.1. The lowest BCUT2D eigenvalue weighted by molar-refractivity contribution is -0.274. The predicted molar refractivity (Wildman–Crippen MR) is 151 cm³/mol. The third kappa shape index (κ3) is 6.74. The zero-order valence-corrected chi connectivity index (χ0v) is 22.7. The quantitative estimate of drug-likeness (QED) is 0.196. The second-order valence-corrected chi connectivity index (χ2v) is 9.85. The summed E-state index contributed by atoms with van der Waals surface area (Å²) in [6.45, 7) is 1.91. The summed E-state index contributed by atoms with van der Waals surface area (Å²) in [7, 11) is 1.59. The molecule has 0 aliphatic carbocycles. The monoisotopic (exact) mass is 580 g/mol. The maximum atomic E-state index is 12.8. The number of hydrogen-bond acceptors (Lipinski definition) is 8. The number of amidine groups is 1. The second kappa shape index (κ2) is 11.8. The van der Waals surface area contributed by atoms with E-state index in [2.05, 4.69) is 25.0 Å². The summed E-state index contributed by atoms with van der Waals surface area (Å²) in [5, 5.41) is 13.5. The molecule has 1 aromatic heterocycles. The van der Waals surface area contributed by atoms with Gasteiger partial charge in [-0.1, -0.05) is 36.0 Å². The van der Waals surface area contributed by atoms with Gasteiger partial charge < -0.3 is 9.47 Å². The number of anilines is 1. The number of rotatable bonds is 7. The summed E-state index contributed by atoms with van der Waals surface area (Å²) in [5.41, 5.74) is 3.66. The molecule has 0 saturated carbocycles. The predicted octanol–water partition coefficient (Wildman–Crippen LogP) is 6.01. The maximum Gasteiger partial charge on any atom is 0.573 e. The second-order valence-electron chi connectivity index (χ2n) is 8.78. The minimum absolute atomic E-state index is 0.0483. The maximum absolute atomic E-state index is 12.8. The van der Waals surface area contributed by atoms with Gasteiger partial charge >= 0.3 is 6.36 Å². The Hall–Kier alpha value is -4.65. The van der Waals surface area contributed by atoms with Gasteiger partial charge in [0.2, 0.25) is 5.91 Å². The van der Waals surface area contributed by atoms with Crippen molar-refractivity contribution in [2.45, 2.75) is 19.7 Å². The third-order valence-corrected chi connectivity index (χ3v) is 6.91. The van der Waals surface area contributed by atoms with Crippen LogP contribution in [0.15, 0.2) is 83.3 Å². The van der Waals surface area contributed by atoms with E-state index in [-0.39, 0.29) is 11.7 Å². The first-order chi connectivity index (χ1) is 19.7. The van der Waals surface area contributed by atoms with Crippen molar-refractivity contribution < 1.29 is 27.4 Å². The van der Waals surface area contributed by atoms with Crippen molar-refractivity contribution in [2.24, 2.45) is 10.2 Å². The van der Waals surface area contributed by atoms with Gasteiger partial charge in [0.25, 0.3) is 0 Å². The van der Waals surface area contributed by atoms with Crippen LogP contribution < -0.4 is 14.4 Å². The molecule has 0 bridgehead atoms. The smallest absolute Gasteiger partial charge is 0.497 e. The number of carbonyl (C=O) groups excluding carboxylic acids is 1. The van der Waals surface area contributed by atoms with Crippen molar-refractivity contribution >= 4 is 34.7 Å². The van der Waals surface area contributed by atoms with Gasteiger partial charge in [-0.25, -0.2) is 9.67 Å². The Morgan fingerprint density at radius 3 is 2.44 bits per heavy atom. The number of alkyl halides is 3. The molecule has 0 radical (unpaired) electrons. The molecular formula is C28H23F3N6O3S. The number of amides is 1. The number of ether oxygens (including phenoxy) is 2. The molecule has 0 unspecified atom stereocenters. The minimum Gasteiger partial charge on any atom is -0.497 e. The van der Waals surface area contributed by atoms with Crippen molar-refractivity contribution in [1.29, 1.82) is 0 Å². The topological polar surface area (TPSA) is 94.2 Å². The molecule has 5 rings (SSSR count). The van der Waals surface area contributed by atoms with Gasteiger partial charge in [0.1, 0.15) is 17.8 Å². The molecule has 0 atom stereocenters. The molecule has 210 valence electrons. The van der Waals surface area contributed by atoms with Crippen LogP contribution in [0.1, 0.15) is 17.5 Å². The number of methoxy groups -OCH3 is 1. The van der Waals surface area contributed by atoms with Crippen LogP contribution in [0, 0.1) is 6.92 Å². The number of halogens is 3. The van der Waals surface area contributed by atoms with E-state index < -0.39 is 6.36 Å². The largest absolute Gasteiger partial charge is 0.573 e.